The highest BCUT2D eigenvalue weighted by molar-refractivity contribution is 5.89. The fourth-order valence-electron chi connectivity index (χ4n) is 2.21. The molecule has 1 heterocycles. The van der Waals surface area contributed by atoms with Crippen LogP contribution in [-0.2, 0) is 6.54 Å². The van der Waals surface area contributed by atoms with Gasteiger partial charge in [0.1, 0.15) is 0 Å². The minimum Gasteiger partial charge on any atom is -0.396 e. The Labute approximate surface area is 141 Å². The molecule has 0 radical (unpaired) electrons. The SMILES string of the molecule is C[C@H](CO)[C@@H](C)NC(=O)Nc1cccc(Cn2ccccc2=O)c1. The van der Waals surface area contributed by atoms with Crippen LogP contribution in [0.2, 0.25) is 0 Å². The van der Waals surface area contributed by atoms with Gasteiger partial charge in [0.25, 0.3) is 5.56 Å². The normalized spacial score (nSPS) is 13.1. The molecule has 24 heavy (non-hydrogen) atoms. The lowest BCUT2D eigenvalue weighted by atomic mass is 10.1. The zero-order valence-electron chi connectivity index (χ0n) is 13.9. The molecule has 0 bridgehead atoms. The largest absolute Gasteiger partial charge is 0.396 e. The highest BCUT2D eigenvalue weighted by Gasteiger charge is 2.13. The van der Waals surface area contributed by atoms with E-state index in [1.807, 2.05) is 32.0 Å². The number of aliphatic hydroxyl groups is 1. The van der Waals surface area contributed by atoms with Gasteiger partial charge in [0.15, 0.2) is 0 Å². The van der Waals surface area contributed by atoms with Crippen LogP contribution in [-0.4, -0.2) is 28.4 Å². The summed E-state index contributed by atoms with van der Waals surface area (Å²) in [6.07, 6.45) is 1.73. The number of carbonyl (C=O) groups excluding carboxylic acids is 1. The molecule has 0 fully saturated rings. The summed E-state index contributed by atoms with van der Waals surface area (Å²) in [5.41, 5.74) is 1.50. The molecule has 128 valence electrons. The first-order chi connectivity index (χ1) is 11.5. The van der Waals surface area contributed by atoms with E-state index in [4.69, 9.17) is 5.11 Å². The lowest BCUT2D eigenvalue weighted by Gasteiger charge is -2.19. The summed E-state index contributed by atoms with van der Waals surface area (Å²) in [6.45, 7) is 4.17. The number of pyridine rings is 1. The van der Waals surface area contributed by atoms with Gasteiger partial charge in [-0.25, -0.2) is 4.79 Å². The van der Waals surface area contributed by atoms with Crippen molar-refractivity contribution in [1.82, 2.24) is 9.88 Å². The summed E-state index contributed by atoms with van der Waals surface area (Å²) in [4.78, 5) is 23.8. The van der Waals surface area contributed by atoms with Gasteiger partial charge in [0.05, 0.1) is 6.54 Å². The molecule has 0 saturated carbocycles. The van der Waals surface area contributed by atoms with Crippen LogP contribution < -0.4 is 16.2 Å². The van der Waals surface area contributed by atoms with Gasteiger partial charge in [-0.3, -0.25) is 4.79 Å². The van der Waals surface area contributed by atoms with Crippen molar-refractivity contribution in [2.75, 3.05) is 11.9 Å². The number of amides is 2. The van der Waals surface area contributed by atoms with Crippen LogP contribution in [0.5, 0.6) is 0 Å². The molecule has 6 heteroatoms. The Kier molecular flexibility index (Phi) is 6.14. The van der Waals surface area contributed by atoms with E-state index in [0.717, 1.165) is 5.56 Å². The van der Waals surface area contributed by atoms with Crippen LogP contribution >= 0.6 is 0 Å². The van der Waals surface area contributed by atoms with Gasteiger partial charge in [0.2, 0.25) is 0 Å². The van der Waals surface area contributed by atoms with Crippen LogP contribution in [0.15, 0.2) is 53.5 Å². The molecule has 0 spiro atoms. The van der Waals surface area contributed by atoms with Gasteiger partial charge in [-0.05, 0) is 36.6 Å². The van der Waals surface area contributed by atoms with Crippen LogP contribution in [0, 0.1) is 5.92 Å². The number of aromatic nitrogens is 1. The Morgan fingerprint density at radius 2 is 2.00 bits per heavy atom. The second-order valence-corrected chi connectivity index (χ2v) is 5.91. The van der Waals surface area contributed by atoms with Crippen molar-refractivity contribution < 1.29 is 9.90 Å². The zero-order chi connectivity index (χ0) is 17.5. The Balaban J connectivity index is 2.01. The monoisotopic (exact) mass is 329 g/mol. The molecule has 1 aromatic heterocycles. The third kappa shape index (κ3) is 4.96. The minimum absolute atomic E-state index is 0.0166. The van der Waals surface area contributed by atoms with Crippen LogP contribution in [0.3, 0.4) is 0 Å². The standard InChI is InChI=1S/C18H23N3O3/c1-13(12-22)14(2)19-18(24)20-16-7-5-6-15(10-16)11-21-9-4-3-8-17(21)23/h3-10,13-14,22H,11-12H2,1-2H3,(H2,19,20,24)/t13-,14-/m1/s1. The van der Waals surface area contributed by atoms with Crippen LogP contribution in [0.4, 0.5) is 10.5 Å². The quantitative estimate of drug-likeness (QED) is 0.758. The molecular weight excluding hydrogens is 306 g/mol. The van der Waals surface area contributed by atoms with E-state index < -0.39 is 0 Å². The summed E-state index contributed by atoms with van der Waals surface area (Å²) in [6, 6.07) is 11.9. The van der Waals surface area contributed by atoms with Gasteiger partial charge < -0.3 is 20.3 Å². The summed E-state index contributed by atoms with van der Waals surface area (Å²) in [5, 5.41) is 14.7. The molecule has 0 aliphatic rings. The Hall–Kier alpha value is -2.60. The summed E-state index contributed by atoms with van der Waals surface area (Å²) in [7, 11) is 0. The highest BCUT2D eigenvalue weighted by Crippen LogP contribution is 2.12. The Bertz CT molecular complexity index is 742. The van der Waals surface area contributed by atoms with Gasteiger partial charge in [-0.2, -0.15) is 0 Å². The smallest absolute Gasteiger partial charge is 0.319 e. The number of aliphatic hydroxyl groups excluding tert-OH is 1. The lowest BCUT2D eigenvalue weighted by Crippen LogP contribution is -2.40. The first kappa shape index (κ1) is 17.7. The molecule has 0 saturated heterocycles. The summed E-state index contributed by atoms with van der Waals surface area (Å²) < 4.78 is 1.60. The van der Waals surface area contributed by atoms with Crippen molar-refractivity contribution in [2.45, 2.75) is 26.4 Å². The number of rotatable bonds is 6. The summed E-state index contributed by atoms with van der Waals surface area (Å²) in [5.74, 6) is -0.0213. The Morgan fingerprint density at radius 3 is 2.71 bits per heavy atom. The molecule has 2 rings (SSSR count). The lowest BCUT2D eigenvalue weighted by molar-refractivity contribution is 0.204. The molecule has 6 nitrogen and oxygen atoms in total. The summed E-state index contributed by atoms with van der Waals surface area (Å²) >= 11 is 0. The average molecular weight is 329 g/mol. The van der Waals surface area contributed by atoms with Crippen molar-refractivity contribution in [3.63, 3.8) is 0 Å². The second kappa shape index (κ2) is 8.31. The molecule has 1 aromatic carbocycles. The predicted octanol–water partition coefficient (Wildman–Crippen LogP) is 2.04. The van der Waals surface area contributed by atoms with Crippen molar-refractivity contribution in [2.24, 2.45) is 5.92 Å². The number of carbonyl (C=O) groups is 1. The number of anilines is 1. The molecule has 0 aliphatic heterocycles. The minimum atomic E-state index is -0.322. The third-order valence-corrected chi connectivity index (χ3v) is 3.94. The number of nitrogens with zero attached hydrogens (tertiary/aromatic N) is 1. The topological polar surface area (TPSA) is 83.4 Å². The van der Waals surface area contributed by atoms with E-state index in [1.54, 1.807) is 29.0 Å². The fourth-order valence-corrected chi connectivity index (χ4v) is 2.21. The van der Waals surface area contributed by atoms with E-state index in [1.165, 1.54) is 6.07 Å². The molecule has 2 atom stereocenters. The molecule has 0 aliphatic carbocycles. The van der Waals surface area contributed by atoms with E-state index in [9.17, 15) is 9.59 Å². The van der Waals surface area contributed by atoms with Crippen LogP contribution in [0.1, 0.15) is 19.4 Å². The first-order valence-electron chi connectivity index (χ1n) is 7.92. The number of urea groups is 1. The van der Waals surface area contributed by atoms with E-state index in [0.29, 0.717) is 12.2 Å². The van der Waals surface area contributed by atoms with Gasteiger partial charge in [-0.1, -0.05) is 25.1 Å². The van der Waals surface area contributed by atoms with Crippen molar-refractivity contribution in [3.05, 3.63) is 64.6 Å². The van der Waals surface area contributed by atoms with Gasteiger partial charge >= 0.3 is 6.03 Å². The zero-order valence-corrected chi connectivity index (χ0v) is 13.9. The molecule has 2 amide bonds. The number of nitrogens with one attached hydrogen (secondary N) is 2. The van der Waals surface area contributed by atoms with E-state index in [2.05, 4.69) is 10.6 Å². The van der Waals surface area contributed by atoms with E-state index >= 15 is 0 Å². The van der Waals surface area contributed by atoms with Crippen molar-refractivity contribution in [3.8, 4) is 0 Å². The van der Waals surface area contributed by atoms with E-state index in [-0.39, 0.29) is 30.2 Å². The van der Waals surface area contributed by atoms with Gasteiger partial charge in [0, 0.05) is 30.6 Å². The molecule has 0 unspecified atom stereocenters. The van der Waals surface area contributed by atoms with Crippen molar-refractivity contribution >= 4 is 11.7 Å². The van der Waals surface area contributed by atoms with Crippen LogP contribution in [0.25, 0.3) is 0 Å². The maximum Gasteiger partial charge on any atom is 0.319 e. The maximum atomic E-state index is 12.0. The molecule has 3 N–H and O–H groups in total. The molecule has 2 aromatic rings. The number of hydrogen-bond donors (Lipinski definition) is 3. The molecular formula is C18H23N3O3. The van der Waals surface area contributed by atoms with Gasteiger partial charge in [-0.15, -0.1) is 0 Å². The average Bonchev–Trinajstić information content (AvgIpc) is 2.56. The first-order valence-corrected chi connectivity index (χ1v) is 7.92. The maximum absolute atomic E-state index is 12.0. The highest BCUT2D eigenvalue weighted by atomic mass is 16.3. The Morgan fingerprint density at radius 1 is 1.21 bits per heavy atom. The van der Waals surface area contributed by atoms with Crippen molar-refractivity contribution in [1.29, 1.82) is 0 Å². The number of benzene rings is 1. The second-order valence-electron chi connectivity index (χ2n) is 5.91. The third-order valence-electron chi connectivity index (χ3n) is 3.94. The number of hydrogen-bond acceptors (Lipinski definition) is 3. The predicted molar refractivity (Wildman–Crippen MR) is 94.1 cm³/mol. The fraction of sp³-hybridized carbons (Fsp3) is 0.333.